The summed E-state index contributed by atoms with van der Waals surface area (Å²) in [4.78, 5) is 13.8. The topological polar surface area (TPSA) is 49.4 Å². The predicted octanol–water partition coefficient (Wildman–Crippen LogP) is 0.947. The molecule has 0 bridgehead atoms. The van der Waals surface area contributed by atoms with E-state index >= 15 is 0 Å². The molecular weight excluding hydrogens is 236 g/mol. The van der Waals surface area contributed by atoms with Crippen LogP contribution in [-0.2, 0) is 15.6 Å². The van der Waals surface area contributed by atoms with Crippen molar-refractivity contribution in [2.24, 2.45) is 5.92 Å². The lowest BCUT2D eigenvalue weighted by molar-refractivity contribution is -0.129. The third-order valence-electron chi connectivity index (χ3n) is 3.05. The first kappa shape index (κ1) is 14.6. The molecule has 0 aromatic carbocycles. The number of nitrogens with one attached hydrogen (secondary N) is 1. The fourth-order valence-corrected chi connectivity index (χ4v) is 2.79. The zero-order chi connectivity index (χ0) is 13.0. The van der Waals surface area contributed by atoms with Gasteiger partial charge in [0.15, 0.2) is 0 Å². The van der Waals surface area contributed by atoms with E-state index in [9.17, 15) is 9.00 Å². The zero-order valence-electron chi connectivity index (χ0n) is 11.2. The van der Waals surface area contributed by atoms with Crippen LogP contribution in [0.5, 0.6) is 0 Å². The number of hydrogen-bond acceptors (Lipinski definition) is 3. The number of nitrogens with zero attached hydrogens (tertiary/aromatic N) is 1. The van der Waals surface area contributed by atoms with Crippen LogP contribution in [0.3, 0.4) is 0 Å². The number of amides is 1. The quantitative estimate of drug-likeness (QED) is 0.773. The van der Waals surface area contributed by atoms with E-state index < -0.39 is 10.8 Å². The van der Waals surface area contributed by atoms with Crippen molar-refractivity contribution in [1.29, 1.82) is 0 Å². The van der Waals surface area contributed by atoms with Crippen molar-refractivity contribution < 1.29 is 9.00 Å². The summed E-state index contributed by atoms with van der Waals surface area (Å²) in [5.41, 5.74) is 0. The number of hydrogen-bond donors (Lipinski definition) is 1. The second-order valence-corrected chi connectivity index (χ2v) is 6.86. The SMILES string of the molecule is CCS(=O)CCN1C(=O)C(C)NC1CC(C)C. The Bertz CT molecular complexity index is 294. The van der Waals surface area contributed by atoms with Crippen molar-refractivity contribution >= 4 is 16.7 Å². The van der Waals surface area contributed by atoms with E-state index in [0.717, 1.165) is 6.42 Å². The van der Waals surface area contributed by atoms with Gasteiger partial charge >= 0.3 is 0 Å². The van der Waals surface area contributed by atoms with Gasteiger partial charge in [-0.3, -0.25) is 14.3 Å². The Morgan fingerprint density at radius 1 is 1.47 bits per heavy atom. The standard InChI is InChI=1S/C12H24N2O2S/c1-5-17(16)7-6-14-11(8-9(2)3)13-10(4)12(14)15/h9-11,13H,5-8H2,1-4H3. The first-order chi connectivity index (χ1) is 7.95. The maximum absolute atomic E-state index is 12.0. The summed E-state index contributed by atoms with van der Waals surface area (Å²) in [6.07, 6.45) is 1.07. The molecule has 3 atom stereocenters. The van der Waals surface area contributed by atoms with Crippen molar-refractivity contribution in [3.63, 3.8) is 0 Å². The molecule has 0 aromatic heterocycles. The Hall–Kier alpha value is -0.420. The molecule has 0 radical (unpaired) electrons. The summed E-state index contributed by atoms with van der Waals surface area (Å²) in [6, 6.07) is -0.103. The van der Waals surface area contributed by atoms with E-state index in [1.165, 1.54) is 0 Å². The molecule has 0 spiro atoms. The lowest BCUT2D eigenvalue weighted by atomic mass is 10.1. The first-order valence-electron chi connectivity index (χ1n) is 6.37. The third-order valence-corrected chi connectivity index (χ3v) is 4.33. The normalized spacial score (nSPS) is 26.9. The van der Waals surface area contributed by atoms with Gasteiger partial charge in [-0.2, -0.15) is 0 Å². The highest BCUT2D eigenvalue weighted by atomic mass is 32.2. The zero-order valence-corrected chi connectivity index (χ0v) is 12.0. The van der Waals surface area contributed by atoms with Gasteiger partial charge < -0.3 is 4.90 Å². The van der Waals surface area contributed by atoms with Crippen molar-refractivity contribution in [3.05, 3.63) is 0 Å². The molecule has 100 valence electrons. The van der Waals surface area contributed by atoms with Gasteiger partial charge in [-0.1, -0.05) is 20.8 Å². The van der Waals surface area contributed by atoms with Gasteiger partial charge in [0.05, 0.1) is 12.2 Å². The minimum absolute atomic E-state index is 0.103. The average molecular weight is 260 g/mol. The molecule has 1 N–H and O–H groups in total. The number of carbonyl (C=O) groups is 1. The van der Waals surface area contributed by atoms with Crippen LogP contribution in [0.15, 0.2) is 0 Å². The molecule has 17 heavy (non-hydrogen) atoms. The average Bonchev–Trinajstić information content (AvgIpc) is 2.51. The van der Waals surface area contributed by atoms with Crippen LogP contribution in [0.25, 0.3) is 0 Å². The van der Waals surface area contributed by atoms with E-state index in [1.54, 1.807) is 0 Å². The summed E-state index contributed by atoms with van der Waals surface area (Å²) < 4.78 is 11.4. The van der Waals surface area contributed by atoms with Crippen LogP contribution in [0.2, 0.25) is 0 Å². The molecule has 1 aliphatic rings. The molecule has 1 fully saturated rings. The van der Waals surface area contributed by atoms with Crippen LogP contribution in [0, 0.1) is 5.92 Å². The lowest BCUT2D eigenvalue weighted by Crippen LogP contribution is -2.40. The maximum atomic E-state index is 12.0. The smallest absolute Gasteiger partial charge is 0.240 e. The van der Waals surface area contributed by atoms with Crippen molar-refractivity contribution in [3.8, 4) is 0 Å². The molecule has 3 unspecified atom stereocenters. The second kappa shape index (κ2) is 6.50. The van der Waals surface area contributed by atoms with Crippen molar-refractivity contribution in [2.75, 3.05) is 18.1 Å². The monoisotopic (exact) mass is 260 g/mol. The fourth-order valence-electron chi connectivity index (χ4n) is 2.10. The summed E-state index contributed by atoms with van der Waals surface area (Å²) in [5.74, 6) is 1.94. The Kier molecular flexibility index (Phi) is 5.59. The lowest BCUT2D eigenvalue weighted by Gasteiger charge is -2.25. The molecule has 0 aromatic rings. The van der Waals surface area contributed by atoms with Gasteiger partial charge in [0, 0.05) is 28.9 Å². The first-order valence-corrected chi connectivity index (χ1v) is 7.86. The van der Waals surface area contributed by atoms with E-state index in [2.05, 4.69) is 19.2 Å². The summed E-state index contributed by atoms with van der Waals surface area (Å²) in [5, 5.41) is 3.30. The van der Waals surface area contributed by atoms with Gasteiger partial charge in [-0.15, -0.1) is 0 Å². The van der Waals surface area contributed by atoms with Crippen LogP contribution in [-0.4, -0.2) is 45.3 Å². The highest BCUT2D eigenvalue weighted by Crippen LogP contribution is 2.17. The van der Waals surface area contributed by atoms with Crippen molar-refractivity contribution in [1.82, 2.24) is 10.2 Å². The minimum atomic E-state index is -0.798. The summed E-state index contributed by atoms with van der Waals surface area (Å²) in [7, 11) is -0.798. The fraction of sp³-hybridized carbons (Fsp3) is 0.917. The highest BCUT2D eigenvalue weighted by Gasteiger charge is 2.35. The second-order valence-electron chi connectivity index (χ2n) is 5.00. The molecule has 1 aliphatic heterocycles. The van der Waals surface area contributed by atoms with Gasteiger partial charge in [0.25, 0.3) is 0 Å². The third kappa shape index (κ3) is 4.07. The molecule has 1 rings (SSSR count). The molecular formula is C12H24N2O2S. The van der Waals surface area contributed by atoms with Gasteiger partial charge in [0.2, 0.25) is 5.91 Å². The van der Waals surface area contributed by atoms with Gasteiger partial charge in [-0.05, 0) is 19.3 Å². The number of rotatable bonds is 6. The molecule has 1 heterocycles. The molecule has 5 heteroatoms. The van der Waals surface area contributed by atoms with Crippen LogP contribution < -0.4 is 5.32 Å². The Labute approximate surface area is 107 Å². The van der Waals surface area contributed by atoms with Gasteiger partial charge in [-0.25, -0.2) is 0 Å². The van der Waals surface area contributed by atoms with Crippen molar-refractivity contribution in [2.45, 2.75) is 46.3 Å². The van der Waals surface area contributed by atoms with Crippen LogP contribution in [0.4, 0.5) is 0 Å². The van der Waals surface area contributed by atoms with E-state index in [4.69, 9.17) is 0 Å². The summed E-state index contributed by atoms with van der Waals surface area (Å²) >= 11 is 0. The molecule has 0 saturated carbocycles. The molecule has 1 amide bonds. The predicted molar refractivity (Wildman–Crippen MR) is 71.1 cm³/mol. The Morgan fingerprint density at radius 3 is 2.65 bits per heavy atom. The Balaban J connectivity index is 2.57. The number of carbonyl (C=O) groups excluding carboxylic acids is 1. The minimum Gasteiger partial charge on any atom is -0.325 e. The summed E-state index contributed by atoms with van der Waals surface area (Å²) in [6.45, 7) is 8.71. The van der Waals surface area contributed by atoms with Crippen LogP contribution in [0.1, 0.15) is 34.1 Å². The van der Waals surface area contributed by atoms with E-state index in [1.807, 2.05) is 18.7 Å². The van der Waals surface area contributed by atoms with Crippen LogP contribution >= 0.6 is 0 Å². The maximum Gasteiger partial charge on any atom is 0.240 e. The largest absolute Gasteiger partial charge is 0.325 e. The molecule has 4 nitrogen and oxygen atoms in total. The highest BCUT2D eigenvalue weighted by molar-refractivity contribution is 7.84. The Morgan fingerprint density at radius 2 is 2.12 bits per heavy atom. The van der Waals surface area contributed by atoms with E-state index in [-0.39, 0.29) is 18.1 Å². The van der Waals surface area contributed by atoms with Gasteiger partial charge in [0.1, 0.15) is 0 Å². The molecule has 0 aliphatic carbocycles. The van der Waals surface area contributed by atoms with E-state index in [0.29, 0.717) is 24.0 Å². The molecule has 1 saturated heterocycles.